The molecule has 0 aliphatic rings. The van der Waals surface area contributed by atoms with Crippen LogP contribution < -0.4 is 24.2 Å². The van der Waals surface area contributed by atoms with Crippen molar-refractivity contribution in [3.63, 3.8) is 0 Å². The molecular weight excluding hydrogens is 395 g/mol. The van der Waals surface area contributed by atoms with Crippen LogP contribution in [0.5, 0.6) is 0 Å². The van der Waals surface area contributed by atoms with Crippen LogP contribution in [-0.2, 0) is 0 Å². The van der Waals surface area contributed by atoms with Gasteiger partial charge in [0, 0.05) is 12.1 Å². The number of rotatable bonds is 9. The number of benzene rings is 4. The van der Waals surface area contributed by atoms with Gasteiger partial charge < -0.3 is 10.6 Å². The molecule has 4 aromatic carbocycles. The van der Waals surface area contributed by atoms with Gasteiger partial charge >= 0.3 is 18.9 Å². The van der Waals surface area contributed by atoms with E-state index in [4.69, 9.17) is 5.32 Å². The Bertz CT molecular complexity index is 966. The smallest absolute Gasteiger partial charge is 0.648 e. The fraction of sp³-hybridized carbons (Fsp3) is 0.200. The average molecular weight is 427 g/mol. The second-order valence-electron chi connectivity index (χ2n) is 8.28. The van der Waals surface area contributed by atoms with E-state index in [9.17, 15) is 0 Å². The van der Waals surface area contributed by atoms with Crippen molar-refractivity contribution >= 4 is 0 Å². The second kappa shape index (κ2) is 12.6. The Labute approximate surface area is 210 Å². The Morgan fingerprint density at radius 3 is 1.39 bits per heavy atom. The second-order valence-corrected chi connectivity index (χ2v) is 8.28. The van der Waals surface area contributed by atoms with Crippen molar-refractivity contribution in [3.8, 4) is 0 Å². The summed E-state index contributed by atoms with van der Waals surface area (Å²) in [6.45, 7) is 4.42. The van der Waals surface area contributed by atoms with Crippen LogP contribution in [-0.4, -0.2) is 0 Å². The van der Waals surface area contributed by atoms with Gasteiger partial charge in [0.15, 0.2) is 0 Å². The molecule has 0 radical (unpaired) electrons. The Kier molecular flexibility index (Phi) is 9.55. The van der Waals surface area contributed by atoms with Crippen molar-refractivity contribution in [2.45, 2.75) is 38.0 Å². The molecule has 4 rings (SSSR count). The molecule has 0 aliphatic heterocycles. The van der Waals surface area contributed by atoms with Crippen molar-refractivity contribution < 1.29 is 18.9 Å². The molecule has 0 saturated heterocycles. The summed E-state index contributed by atoms with van der Waals surface area (Å²) in [7, 11) is 0. The molecular formula is C30H31LiN2. The quantitative estimate of drug-likeness (QED) is 0.376. The van der Waals surface area contributed by atoms with Gasteiger partial charge in [0.1, 0.15) is 0 Å². The molecule has 0 heterocycles. The van der Waals surface area contributed by atoms with Crippen molar-refractivity contribution in [1.29, 1.82) is 0 Å². The molecule has 162 valence electrons. The molecule has 0 saturated carbocycles. The maximum absolute atomic E-state index is 5.38. The van der Waals surface area contributed by atoms with Gasteiger partial charge in [-0.3, -0.25) is 0 Å². The molecule has 3 heteroatoms. The monoisotopic (exact) mass is 426 g/mol. The third kappa shape index (κ3) is 6.70. The van der Waals surface area contributed by atoms with Crippen molar-refractivity contribution in [3.05, 3.63) is 149 Å². The summed E-state index contributed by atoms with van der Waals surface area (Å²) in [4.78, 5) is 0. The van der Waals surface area contributed by atoms with E-state index in [1.165, 1.54) is 22.3 Å². The van der Waals surface area contributed by atoms with Crippen LogP contribution >= 0.6 is 0 Å². The summed E-state index contributed by atoms with van der Waals surface area (Å²) in [5.74, 6) is 0. The third-order valence-corrected chi connectivity index (χ3v) is 6.01. The van der Waals surface area contributed by atoms with Crippen LogP contribution in [0.15, 0.2) is 121 Å². The van der Waals surface area contributed by atoms with E-state index < -0.39 is 0 Å². The van der Waals surface area contributed by atoms with Crippen LogP contribution in [0.4, 0.5) is 0 Å². The van der Waals surface area contributed by atoms with Gasteiger partial charge in [-0.25, -0.2) is 0 Å². The minimum absolute atomic E-state index is 0. The van der Waals surface area contributed by atoms with Gasteiger partial charge in [-0.2, -0.15) is 0 Å². The van der Waals surface area contributed by atoms with Gasteiger partial charge in [-0.05, 0) is 18.1 Å². The van der Waals surface area contributed by atoms with Crippen molar-refractivity contribution in [2.24, 2.45) is 0 Å². The molecule has 0 amide bonds. The van der Waals surface area contributed by atoms with Gasteiger partial charge in [0.25, 0.3) is 0 Å². The topological polar surface area (TPSA) is 26.1 Å². The van der Waals surface area contributed by atoms with Gasteiger partial charge in [0.05, 0.1) is 0 Å². The third-order valence-electron chi connectivity index (χ3n) is 6.01. The van der Waals surface area contributed by atoms with Crippen LogP contribution in [0, 0.1) is 0 Å². The van der Waals surface area contributed by atoms with E-state index >= 15 is 0 Å². The standard InChI is InChI=1S/C30H31N2.Li/c1-23(25-15-7-3-8-16-25)31-29(27-19-11-5-12-20-27)30(28-21-13-6-14-22-28)32-24(2)26-17-9-4-10-18-26;/h3-24,29-31H,1-2H3;/q-1;+1/t23-,24-,29+,30+;/m0./s1. The fourth-order valence-corrected chi connectivity index (χ4v) is 4.21. The van der Waals surface area contributed by atoms with Crippen molar-refractivity contribution in [1.82, 2.24) is 5.32 Å². The normalized spacial score (nSPS) is 14.5. The van der Waals surface area contributed by atoms with Crippen LogP contribution in [0.1, 0.15) is 60.3 Å². The Morgan fingerprint density at radius 1 is 0.515 bits per heavy atom. The van der Waals surface area contributed by atoms with Crippen molar-refractivity contribution in [2.75, 3.05) is 0 Å². The molecule has 1 N–H and O–H groups in total. The van der Waals surface area contributed by atoms with Crippen LogP contribution in [0.25, 0.3) is 5.32 Å². The molecule has 2 nitrogen and oxygen atoms in total. The Morgan fingerprint density at radius 2 is 0.909 bits per heavy atom. The Balaban J connectivity index is 0.00000306. The molecule has 0 spiro atoms. The summed E-state index contributed by atoms with van der Waals surface area (Å²) in [6, 6.07) is 42.8. The average Bonchev–Trinajstić information content (AvgIpc) is 2.88. The first-order chi connectivity index (χ1) is 15.7. The zero-order valence-electron chi connectivity index (χ0n) is 19.8. The largest absolute Gasteiger partial charge is 1.00 e. The molecule has 0 aromatic heterocycles. The maximum Gasteiger partial charge on any atom is 1.00 e. The van der Waals surface area contributed by atoms with Crippen LogP contribution in [0.2, 0.25) is 0 Å². The first-order valence-corrected chi connectivity index (χ1v) is 11.4. The molecule has 0 unspecified atom stereocenters. The van der Waals surface area contributed by atoms with E-state index in [0.29, 0.717) is 0 Å². The SMILES string of the molecule is C[C@H]([N-][C@H](c1ccccc1)[C@H](N[C@@H](C)c1ccccc1)c1ccccc1)c1ccccc1.[Li+]. The molecule has 33 heavy (non-hydrogen) atoms. The minimum Gasteiger partial charge on any atom is -0.648 e. The number of hydrogen-bond donors (Lipinski definition) is 1. The van der Waals surface area contributed by atoms with E-state index in [0.717, 1.165) is 0 Å². The van der Waals surface area contributed by atoms with E-state index in [2.05, 4.69) is 140 Å². The van der Waals surface area contributed by atoms with Crippen LogP contribution in [0.3, 0.4) is 0 Å². The number of nitrogens with one attached hydrogen (secondary N) is 1. The first-order valence-electron chi connectivity index (χ1n) is 11.4. The fourth-order valence-electron chi connectivity index (χ4n) is 4.21. The molecule has 0 bridgehead atoms. The zero-order chi connectivity index (χ0) is 22.2. The predicted octanol–water partition coefficient (Wildman–Crippen LogP) is 4.96. The van der Waals surface area contributed by atoms with E-state index in [1.807, 2.05) is 0 Å². The first kappa shape index (κ1) is 25.0. The summed E-state index contributed by atoms with van der Waals surface area (Å²) in [6.07, 6.45) is 0. The predicted molar refractivity (Wildman–Crippen MR) is 135 cm³/mol. The molecule has 0 fully saturated rings. The zero-order valence-corrected chi connectivity index (χ0v) is 19.8. The van der Waals surface area contributed by atoms with Gasteiger partial charge in [-0.15, -0.1) is 6.04 Å². The molecule has 4 aromatic rings. The maximum atomic E-state index is 5.38. The summed E-state index contributed by atoms with van der Waals surface area (Å²) < 4.78 is 0. The summed E-state index contributed by atoms with van der Waals surface area (Å²) in [5, 5.41) is 9.29. The summed E-state index contributed by atoms with van der Waals surface area (Å²) in [5.41, 5.74) is 4.97. The van der Waals surface area contributed by atoms with Gasteiger partial charge in [0.2, 0.25) is 0 Å². The molecule has 0 aliphatic carbocycles. The van der Waals surface area contributed by atoms with E-state index in [-0.39, 0.29) is 43.0 Å². The number of nitrogens with zero attached hydrogens (tertiary/aromatic N) is 1. The molecule has 4 atom stereocenters. The number of hydrogen-bond acceptors (Lipinski definition) is 1. The Hall–Kier alpha value is -2.60. The van der Waals surface area contributed by atoms with Gasteiger partial charge in [-0.1, -0.05) is 145 Å². The van der Waals surface area contributed by atoms with E-state index in [1.54, 1.807) is 0 Å². The summed E-state index contributed by atoms with van der Waals surface area (Å²) >= 11 is 0. The minimum atomic E-state index is -0.0278.